The van der Waals surface area contributed by atoms with E-state index in [0.717, 1.165) is 12.0 Å². The molecule has 0 saturated carbocycles. The molecule has 2 aromatic rings. The average molecular weight is 341 g/mol. The number of anilines is 1. The maximum absolute atomic E-state index is 12.0. The Kier molecular flexibility index (Phi) is 7.44. The van der Waals surface area contributed by atoms with Crippen molar-refractivity contribution in [2.75, 3.05) is 5.32 Å². The van der Waals surface area contributed by atoms with E-state index in [2.05, 4.69) is 14.7 Å². The van der Waals surface area contributed by atoms with Crippen molar-refractivity contribution < 1.29 is 4.79 Å². The normalized spacial score (nSPS) is 13.0. The first-order valence-corrected chi connectivity index (χ1v) is 7.80. The third kappa shape index (κ3) is 5.05. The first kappa shape index (κ1) is 18.5. The molecule has 1 heterocycles. The highest BCUT2D eigenvalue weighted by Gasteiger charge is 2.20. The van der Waals surface area contributed by atoms with Crippen LogP contribution in [-0.2, 0) is 11.2 Å². The lowest BCUT2D eigenvalue weighted by molar-refractivity contribution is -0.118. The number of carbonyl (C=O) groups is 1. The van der Waals surface area contributed by atoms with Crippen molar-refractivity contribution in [3.63, 3.8) is 0 Å². The lowest BCUT2D eigenvalue weighted by Crippen LogP contribution is -2.40. The second-order valence-corrected chi connectivity index (χ2v) is 5.83. The average Bonchev–Trinajstić information content (AvgIpc) is 2.93. The summed E-state index contributed by atoms with van der Waals surface area (Å²) in [5.74, 6) is 0.645. The van der Waals surface area contributed by atoms with Crippen molar-refractivity contribution in [3.05, 3.63) is 41.7 Å². The van der Waals surface area contributed by atoms with Crippen LogP contribution in [-0.4, -0.2) is 21.3 Å². The molecule has 120 valence electrons. The van der Waals surface area contributed by atoms with Gasteiger partial charge in [0.15, 0.2) is 0 Å². The quantitative estimate of drug-likeness (QED) is 0.847. The molecule has 0 fully saturated rings. The molecule has 0 aliphatic rings. The van der Waals surface area contributed by atoms with E-state index in [4.69, 9.17) is 5.73 Å². The first-order chi connectivity index (χ1) is 10.1. The zero-order chi connectivity index (χ0) is 15.2. The lowest BCUT2D eigenvalue weighted by atomic mass is 10.00. The van der Waals surface area contributed by atoms with E-state index in [1.165, 1.54) is 11.5 Å². The second kappa shape index (κ2) is 8.82. The molecule has 0 bridgehead atoms. The van der Waals surface area contributed by atoms with Crippen LogP contribution in [0.15, 0.2) is 30.3 Å². The molecule has 2 rings (SSSR count). The molecule has 7 heteroatoms. The van der Waals surface area contributed by atoms with Gasteiger partial charge >= 0.3 is 0 Å². The van der Waals surface area contributed by atoms with Crippen LogP contribution in [0.2, 0.25) is 0 Å². The molecular weight excluding hydrogens is 320 g/mol. The number of carbonyl (C=O) groups excluding carboxylic acids is 1. The Bertz CT molecular complexity index is 590. The van der Waals surface area contributed by atoms with Crippen LogP contribution in [0.5, 0.6) is 0 Å². The fourth-order valence-electron chi connectivity index (χ4n) is 1.86. The number of aromatic nitrogens is 2. The smallest absolute Gasteiger partial charge is 0.243 e. The van der Waals surface area contributed by atoms with E-state index in [1.807, 2.05) is 44.2 Å². The van der Waals surface area contributed by atoms with E-state index in [0.29, 0.717) is 17.4 Å². The Balaban J connectivity index is 0.00000242. The molecule has 5 nitrogen and oxygen atoms in total. The number of nitrogens with two attached hydrogens (primary N) is 1. The molecule has 1 aromatic heterocycles. The Labute approximate surface area is 140 Å². The van der Waals surface area contributed by atoms with Crippen LogP contribution < -0.4 is 11.1 Å². The van der Waals surface area contributed by atoms with Gasteiger partial charge in [-0.05, 0) is 11.5 Å². The van der Waals surface area contributed by atoms with Crippen LogP contribution >= 0.6 is 23.9 Å². The van der Waals surface area contributed by atoms with Crippen molar-refractivity contribution in [1.82, 2.24) is 9.36 Å². The Morgan fingerprint density at radius 3 is 2.68 bits per heavy atom. The Morgan fingerprint density at radius 2 is 2.05 bits per heavy atom. The van der Waals surface area contributed by atoms with Crippen LogP contribution in [0.3, 0.4) is 0 Å². The highest BCUT2D eigenvalue weighted by atomic mass is 35.5. The van der Waals surface area contributed by atoms with Crippen molar-refractivity contribution in [2.45, 2.75) is 32.7 Å². The molecule has 0 spiro atoms. The largest absolute Gasteiger partial charge is 0.320 e. The fraction of sp³-hybridized carbons (Fsp3) is 0.400. The maximum atomic E-state index is 12.0. The SMILES string of the molecule is CCC(C)C(N)C(=O)Nc1nc(Cc2ccccc2)ns1.Cl. The van der Waals surface area contributed by atoms with Gasteiger partial charge < -0.3 is 5.73 Å². The molecule has 0 aliphatic carbocycles. The summed E-state index contributed by atoms with van der Waals surface area (Å²) in [6.07, 6.45) is 1.52. The summed E-state index contributed by atoms with van der Waals surface area (Å²) < 4.78 is 4.26. The summed E-state index contributed by atoms with van der Waals surface area (Å²) in [6, 6.07) is 9.47. The number of benzene rings is 1. The summed E-state index contributed by atoms with van der Waals surface area (Å²) >= 11 is 1.19. The molecule has 1 amide bonds. The highest BCUT2D eigenvalue weighted by Crippen LogP contribution is 2.15. The molecule has 22 heavy (non-hydrogen) atoms. The van der Waals surface area contributed by atoms with Gasteiger partial charge in [0.05, 0.1) is 6.04 Å². The van der Waals surface area contributed by atoms with Gasteiger partial charge in [0.25, 0.3) is 0 Å². The van der Waals surface area contributed by atoms with Gasteiger partial charge in [0, 0.05) is 18.0 Å². The van der Waals surface area contributed by atoms with Gasteiger partial charge in [-0.3, -0.25) is 10.1 Å². The number of rotatable bonds is 6. The van der Waals surface area contributed by atoms with Gasteiger partial charge in [0.1, 0.15) is 5.82 Å². The van der Waals surface area contributed by atoms with E-state index in [-0.39, 0.29) is 24.2 Å². The molecule has 2 atom stereocenters. The number of hydrogen-bond donors (Lipinski definition) is 2. The van der Waals surface area contributed by atoms with Crippen molar-refractivity contribution in [1.29, 1.82) is 0 Å². The number of amides is 1. The number of nitrogens with one attached hydrogen (secondary N) is 1. The summed E-state index contributed by atoms with van der Waals surface area (Å²) in [4.78, 5) is 16.3. The third-order valence-electron chi connectivity index (χ3n) is 3.46. The number of halogens is 1. The monoisotopic (exact) mass is 340 g/mol. The first-order valence-electron chi connectivity index (χ1n) is 7.03. The lowest BCUT2D eigenvalue weighted by Gasteiger charge is -2.16. The molecule has 2 unspecified atom stereocenters. The fourth-order valence-corrected chi connectivity index (χ4v) is 2.45. The minimum atomic E-state index is -0.517. The van der Waals surface area contributed by atoms with Crippen LogP contribution in [0, 0.1) is 5.92 Å². The van der Waals surface area contributed by atoms with Gasteiger partial charge in [-0.25, -0.2) is 4.98 Å². The predicted octanol–water partition coefficient (Wildman–Crippen LogP) is 2.86. The Morgan fingerprint density at radius 1 is 1.36 bits per heavy atom. The zero-order valence-corrected chi connectivity index (χ0v) is 14.3. The van der Waals surface area contributed by atoms with E-state index < -0.39 is 6.04 Å². The van der Waals surface area contributed by atoms with Crippen LogP contribution in [0.4, 0.5) is 5.13 Å². The van der Waals surface area contributed by atoms with Crippen molar-refractivity contribution in [2.24, 2.45) is 11.7 Å². The van der Waals surface area contributed by atoms with Crippen LogP contribution in [0.1, 0.15) is 31.7 Å². The molecule has 0 radical (unpaired) electrons. The summed E-state index contributed by atoms with van der Waals surface area (Å²) in [5, 5.41) is 3.25. The van der Waals surface area contributed by atoms with E-state index in [9.17, 15) is 4.79 Å². The van der Waals surface area contributed by atoms with Crippen molar-refractivity contribution >= 4 is 35.0 Å². The van der Waals surface area contributed by atoms with E-state index >= 15 is 0 Å². The molecule has 0 aliphatic heterocycles. The maximum Gasteiger partial charge on any atom is 0.243 e. The summed E-state index contributed by atoms with van der Waals surface area (Å²) in [5.41, 5.74) is 7.04. The van der Waals surface area contributed by atoms with Gasteiger partial charge in [-0.2, -0.15) is 4.37 Å². The van der Waals surface area contributed by atoms with E-state index in [1.54, 1.807) is 0 Å². The topological polar surface area (TPSA) is 80.9 Å². The van der Waals surface area contributed by atoms with Crippen molar-refractivity contribution in [3.8, 4) is 0 Å². The minimum Gasteiger partial charge on any atom is -0.320 e. The van der Waals surface area contributed by atoms with Gasteiger partial charge in [-0.15, -0.1) is 12.4 Å². The zero-order valence-electron chi connectivity index (χ0n) is 12.7. The molecule has 3 N–H and O–H groups in total. The number of nitrogens with zero attached hydrogens (tertiary/aromatic N) is 2. The van der Waals surface area contributed by atoms with Gasteiger partial charge in [0.2, 0.25) is 11.0 Å². The standard InChI is InChI=1S/C15H20N4OS.ClH/c1-3-10(2)13(16)14(20)18-15-17-12(19-21-15)9-11-7-5-4-6-8-11;/h4-8,10,13H,3,9,16H2,1-2H3,(H,17,18,19,20);1H. The van der Waals surface area contributed by atoms with Gasteiger partial charge in [-0.1, -0.05) is 50.6 Å². The highest BCUT2D eigenvalue weighted by molar-refractivity contribution is 7.09. The molecular formula is C15H21ClN4OS. The molecule has 0 saturated heterocycles. The number of hydrogen-bond acceptors (Lipinski definition) is 5. The Hall–Kier alpha value is -1.50. The minimum absolute atomic E-state index is 0. The predicted molar refractivity (Wildman–Crippen MR) is 92.5 cm³/mol. The second-order valence-electron chi connectivity index (χ2n) is 5.08. The third-order valence-corrected chi connectivity index (χ3v) is 4.13. The molecule has 1 aromatic carbocycles. The summed E-state index contributed by atoms with van der Waals surface area (Å²) in [7, 11) is 0. The van der Waals surface area contributed by atoms with Crippen LogP contribution in [0.25, 0.3) is 0 Å². The summed E-state index contributed by atoms with van der Waals surface area (Å²) in [6.45, 7) is 3.98.